The second-order valence-electron chi connectivity index (χ2n) is 10.6. The van der Waals surface area contributed by atoms with Gasteiger partial charge in [-0.25, -0.2) is 14.2 Å². The number of benzene rings is 3. The molecule has 4 rings (SSSR count). The van der Waals surface area contributed by atoms with E-state index in [-0.39, 0.29) is 5.82 Å². The molecular formula is C30H33FN2O3S2. The smallest absolute Gasteiger partial charge is 0.408 e. The van der Waals surface area contributed by atoms with Crippen LogP contribution in [0.5, 0.6) is 5.75 Å². The van der Waals surface area contributed by atoms with Crippen molar-refractivity contribution in [3.63, 3.8) is 0 Å². The van der Waals surface area contributed by atoms with E-state index < -0.39 is 22.5 Å². The SMILES string of the molecule is COc1ccc(CSC(C)(C)C(OC(=O)NC(C)(C)C)c2nc(-c3ccc(F)c4ccccc34)cs2)cc1. The molecule has 1 amide bonds. The molecule has 3 aromatic carbocycles. The molecule has 0 fully saturated rings. The number of fused-ring (bicyclic) bond motifs is 1. The highest BCUT2D eigenvalue weighted by molar-refractivity contribution is 7.99. The standard InChI is InChI=1S/C30H33FN2O3S2/c1-29(2,3)33-28(34)36-26(30(4,5)38-17-19-11-13-20(35-6)14-12-19)27-32-25(18-37-27)23-15-16-24(31)22-10-8-7-9-21(22)23/h7-16,18,26H,17H2,1-6H3,(H,33,34). The summed E-state index contributed by atoms with van der Waals surface area (Å²) in [4.78, 5) is 17.8. The Kier molecular flexibility index (Phi) is 8.33. The van der Waals surface area contributed by atoms with Gasteiger partial charge in [0, 0.05) is 27.6 Å². The molecule has 200 valence electrons. The van der Waals surface area contributed by atoms with E-state index in [0.717, 1.165) is 33.7 Å². The molecule has 1 unspecified atom stereocenters. The van der Waals surface area contributed by atoms with Gasteiger partial charge >= 0.3 is 6.09 Å². The maximum atomic E-state index is 14.4. The number of aromatic nitrogens is 1. The maximum Gasteiger partial charge on any atom is 0.408 e. The van der Waals surface area contributed by atoms with Crippen molar-refractivity contribution in [3.8, 4) is 17.0 Å². The Morgan fingerprint density at radius 3 is 2.37 bits per heavy atom. The van der Waals surface area contributed by atoms with Crippen LogP contribution < -0.4 is 10.1 Å². The summed E-state index contributed by atoms with van der Waals surface area (Å²) in [6, 6.07) is 18.5. The normalized spacial score (nSPS) is 12.8. The first-order valence-electron chi connectivity index (χ1n) is 12.4. The Bertz CT molecular complexity index is 1410. The number of rotatable bonds is 8. The third-order valence-electron chi connectivity index (χ3n) is 6.00. The van der Waals surface area contributed by atoms with E-state index in [9.17, 15) is 9.18 Å². The van der Waals surface area contributed by atoms with Crippen LogP contribution in [0.25, 0.3) is 22.0 Å². The molecule has 0 saturated heterocycles. The van der Waals surface area contributed by atoms with Crippen molar-refractivity contribution in [1.29, 1.82) is 0 Å². The van der Waals surface area contributed by atoms with E-state index in [0.29, 0.717) is 10.4 Å². The summed E-state index contributed by atoms with van der Waals surface area (Å²) in [7, 11) is 1.65. The lowest BCUT2D eigenvalue weighted by Crippen LogP contribution is -2.43. The number of carbonyl (C=O) groups excluding carboxylic acids is 1. The molecule has 0 aliphatic rings. The number of amides is 1. The Balaban J connectivity index is 1.65. The average molecular weight is 553 g/mol. The zero-order valence-electron chi connectivity index (χ0n) is 22.5. The first-order chi connectivity index (χ1) is 18.0. The van der Waals surface area contributed by atoms with Crippen LogP contribution in [0.15, 0.2) is 66.0 Å². The molecule has 0 radical (unpaired) electrons. The van der Waals surface area contributed by atoms with E-state index in [1.807, 2.05) is 68.6 Å². The van der Waals surface area contributed by atoms with Gasteiger partial charge in [-0.3, -0.25) is 0 Å². The number of thiazole rings is 1. The molecule has 5 nitrogen and oxygen atoms in total. The van der Waals surface area contributed by atoms with Crippen molar-refractivity contribution >= 4 is 40.0 Å². The van der Waals surface area contributed by atoms with Crippen LogP contribution in [0.4, 0.5) is 9.18 Å². The molecule has 0 bridgehead atoms. The minimum Gasteiger partial charge on any atom is -0.497 e. The monoisotopic (exact) mass is 552 g/mol. The number of methoxy groups -OCH3 is 1. The van der Waals surface area contributed by atoms with Crippen LogP contribution in [0.2, 0.25) is 0 Å². The quantitative estimate of drug-likeness (QED) is 0.238. The van der Waals surface area contributed by atoms with E-state index in [2.05, 4.69) is 19.2 Å². The van der Waals surface area contributed by atoms with Gasteiger partial charge in [0.1, 0.15) is 16.6 Å². The van der Waals surface area contributed by atoms with Crippen LogP contribution in [-0.4, -0.2) is 28.5 Å². The summed E-state index contributed by atoms with van der Waals surface area (Å²) < 4.78 is 25.2. The highest BCUT2D eigenvalue weighted by Crippen LogP contribution is 2.44. The van der Waals surface area contributed by atoms with Gasteiger partial charge in [0.2, 0.25) is 0 Å². The maximum absolute atomic E-state index is 14.4. The minimum atomic E-state index is -0.612. The van der Waals surface area contributed by atoms with E-state index >= 15 is 0 Å². The fourth-order valence-electron chi connectivity index (χ4n) is 4.02. The number of nitrogens with one attached hydrogen (secondary N) is 1. The average Bonchev–Trinajstić information content (AvgIpc) is 3.35. The number of nitrogens with zero attached hydrogens (tertiary/aromatic N) is 1. The molecule has 1 N–H and O–H groups in total. The van der Waals surface area contributed by atoms with Gasteiger partial charge in [0.05, 0.1) is 17.6 Å². The Morgan fingerprint density at radius 2 is 1.71 bits per heavy atom. The number of hydrogen-bond donors (Lipinski definition) is 1. The van der Waals surface area contributed by atoms with Crippen LogP contribution in [0.3, 0.4) is 0 Å². The second kappa shape index (κ2) is 11.3. The molecule has 0 saturated carbocycles. The van der Waals surface area contributed by atoms with Crippen molar-refractivity contribution < 1.29 is 18.7 Å². The van der Waals surface area contributed by atoms with E-state index in [1.54, 1.807) is 31.0 Å². The van der Waals surface area contributed by atoms with Crippen LogP contribution in [0.1, 0.15) is 51.3 Å². The van der Waals surface area contributed by atoms with Gasteiger partial charge in [0.25, 0.3) is 0 Å². The number of alkyl carbamates (subject to hydrolysis) is 1. The van der Waals surface area contributed by atoms with E-state index in [1.165, 1.54) is 17.4 Å². The largest absolute Gasteiger partial charge is 0.497 e. The zero-order valence-corrected chi connectivity index (χ0v) is 24.1. The lowest BCUT2D eigenvalue weighted by Gasteiger charge is -2.33. The van der Waals surface area contributed by atoms with E-state index in [4.69, 9.17) is 14.5 Å². The van der Waals surface area contributed by atoms with Crippen molar-refractivity contribution in [2.75, 3.05) is 7.11 Å². The van der Waals surface area contributed by atoms with Gasteiger partial charge in [-0.15, -0.1) is 23.1 Å². The predicted molar refractivity (Wildman–Crippen MR) is 155 cm³/mol. The van der Waals surface area contributed by atoms with Gasteiger partial charge in [0.15, 0.2) is 6.10 Å². The zero-order chi connectivity index (χ0) is 27.5. The lowest BCUT2D eigenvalue weighted by molar-refractivity contribution is 0.0747. The molecule has 8 heteroatoms. The minimum absolute atomic E-state index is 0.268. The van der Waals surface area contributed by atoms with Gasteiger partial charge in [-0.2, -0.15) is 0 Å². The topological polar surface area (TPSA) is 60.5 Å². The summed E-state index contributed by atoms with van der Waals surface area (Å²) in [5, 5.41) is 6.86. The summed E-state index contributed by atoms with van der Waals surface area (Å²) in [6.45, 7) is 9.85. The Morgan fingerprint density at radius 1 is 1.03 bits per heavy atom. The number of hydrogen-bond acceptors (Lipinski definition) is 6. The van der Waals surface area contributed by atoms with Crippen molar-refractivity contribution in [3.05, 3.63) is 82.4 Å². The third-order valence-corrected chi connectivity index (χ3v) is 8.32. The van der Waals surface area contributed by atoms with Gasteiger partial charge in [-0.1, -0.05) is 36.4 Å². The fourth-order valence-corrected chi connectivity index (χ4v) is 6.16. The molecule has 0 spiro atoms. The Labute approximate surface area is 231 Å². The Hall–Kier alpha value is -3.10. The van der Waals surface area contributed by atoms with Gasteiger partial charge in [-0.05, 0) is 69.8 Å². The highest BCUT2D eigenvalue weighted by Gasteiger charge is 2.38. The molecule has 1 aromatic heterocycles. The summed E-state index contributed by atoms with van der Waals surface area (Å²) in [5.41, 5.74) is 2.26. The van der Waals surface area contributed by atoms with Crippen molar-refractivity contribution in [2.45, 2.75) is 56.8 Å². The van der Waals surface area contributed by atoms with Crippen molar-refractivity contribution in [1.82, 2.24) is 10.3 Å². The number of thioether (sulfide) groups is 1. The summed E-state index contributed by atoms with van der Waals surface area (Å²) in [6.07, 6.45) is -1.11. The first-order valence-corrected chi connectivity index (χ1v) is 14.2. The first kappa shape index (κ1) is 27.9. The second-order valence-corrected chi connectivity index (χ2v) is 13.1. The fraction of sp³-hybridized carbons (Fsp3) is 0.333. The van der Waals surface area contributed by atoms with Crippen LogP contribution in [-0.2, 0) is 10.5 Å². The highest BCUT2D eigenvalue weighted by atomic mass is 32.2. The van der Waals surface area contributed by atoms with Crippen LogP contribution in [0, 0.1) is 5.82 Å². The molecule has 0 aliphatic carbocycles. The molecule has 0 aliphatic heterocycles. The summed E-state index contributed by atoms with van der Waals surface area (Å²) >= 11 is 3.13. The number of halogens is 1. The lowest BCUT2D eigenvalue weighted by atomic mass is 10.0. The van der Waals surface area contributed by atoms with Crippen LogP contribution >= 0.6 is 23.1 Å². The molecular weight excluding hydrogens is 519 g/mol. The third kappa shape index (κ3) is 6.66. The van der Waals surface area contributed by atoms with Crippen molar-refractivity contribution in [2.24, 2.45) is 0 Å². The van der Waals surface area contributed by atoms with Gasteiger partial charge < -0.3 is 14.8 Å². The summed E-state index contributed by atoms with van der Waals surface area (Å²) in [5.74, 6) is 1.26. The molecule has 38 heavy (non-hydrogen) atoms. The number of ether oxygens (including phenoxy) is 2. The molecule has 1 heterocycles. The number of carbonyl (C=O) groups is 1. The predicted octanol–water partition coefficient (Wildman–Crippen LogP) is 8.39. The molecule has 4 aromatic rings. The molecule has 1 atom stereocenters.